The number of aryl methyl sites for hydroxylation is 1. The van der Waals surface area contributed by atoms with Crippen molar-refractivity contribution in [2.45, 2.75) is 20.0 Å². The minimum atomic E-state index is 0.427. The van der Waals surface area contributed by atoms with E-state index in [1.165, 1.54) is 5.69 Å². The third kappa shape index (κ3) is 5.09. The van der Waals surface area contributed by atoms with Gasteiger partial charge in [0.25, 0.3) is 0 Å². The molecule has 7 heteroatoms. The van der Waals surface area contributed by atoms with Gasteiger partial charge in [0.15, 0.2) is 5.96 Å². The van der Waals surface area contributed by atoms with E-state index in [1.54, 1.807) is 21.3 Å². The summed E-state index contributed by atoms with van der Waals surface area (Å²) in [5, 5.41) is 3.34. The smallest absolute Gasteiger partial charge is 0.194 e. The second-order valence-corrected chi connectivity index (χ2v) is 6.15. The lowest BCUT2D eigenvalue weighted by Crippen LogP contribution is -2.38. The zero-order chi connectivity index (χ0) is 19.8. The number of ether oxygens (including phenoxy) is 3. The fourth-order valence-corrected chi connectivity index (χ4v) is 2.84. The fraction of sp³-hybridized carbons (Fsp3) is 0.450. The molecule has 0 bridgehead atoms. The molecule has 0 saturated carbocycles. The van der Waals surface area contributed by atoms with Gasteiger partial charge in [0, 0.05) is 44.7 Å². The number of rotatable bonds is 8. The zero-order valence-electron chi connectivity index (χ0n) is 17.1. The Hall–Kier alpha value is -2.83. The highest BCUT2D eigenvalue weighted by Crippen LogP contribution is 2.34. The molecule has 0 amide bonds. The van der Waals surface area contributed by atoms with Crippen molar-refractivity contribution in [3.8, 4) is 17.2 Å². The van der Waals surface area contributed by atoms with Crippen LogP contribution in [0.25, 0.3) is 0 Å². The number of aliphatic imine (C=N–C) groups is 1. The molecular weight excluding hydrogens is 344 g/mol. The van der Waals surface area contributed by atoms with E-state index in [9.17, 15) is 0 Å². The Labute approximate surface area is 161 Å². The van der Waals surface area contributed by atoms with Crippen LogP contribution in [0.2, 0.25) is 0 Å². The molecule has 0 saturated heterocycles. The van der Waals surface area contributed by atoms with Crippen LogP contribution in [0.1, 0.15) is 18.2 Å². The number of hydrogen-bond donors (Lipinski definition) is 1. The predicted molar refractivity (Wildman–Crippen MR) is 108 cm³/mol. The Morgan fingerprint density at radius 1 is 1.15 bits per heavy atom. The number of benzene rings is 1. The van der Waals surface area contributed by atoms with Gasteiger partial charge < -0.3 is 29.0 Å². The fourth-order valence-electron chi connectivity index (χ4n) is 2.84. The maximum atomic E-state index is 5.52. The first-order chi connectivity index (χ1) is 13.0. The first kappa shape index (κ1) is 20.5. The highest BCUT2D eigenvalue weighted by molar-refractivity contribution is 5.79. The van der Waals surface area contributed by atoms with E-state index in [4.69, 9.17) is 19.2 Å². The number of hydrogen-bond acceptors (Lipinski definition) is 4. The van der Waals surface area contributed by atoms with Crippen molar-refractivity contribution in [1.82, 2.24) is 14.8 Å². The van der Waals surface area contributed by atoms with Gasteiger partial charge >= 0.3 is 0 Å². The minimum Gasteiger partial charge on any atom is -0.496 e. The van der Waals surface area contributed by atoms with Crippen molar-refractivity contribution in [3.63, 3.8) is 0 Å². The lowest BCUT2D eigenvalue weighted by molar-refractivity contribution is 0.368. The van der Waals surface area contributed by atoms with Crippen LogP contribution in [0, 0.1) is 0 Å². The molecule has 0 fully saturated rings. The molecule has 27 heavy (non-hydrogen) atoms. The summed E-state index contributed by atoms with van der Waals surface area (Å²) in [7, 11) is 8.95. The van der Waals surface area contributed by atoms with Gasteiger partial charge in [-0.3, -0.25) is 0 Å². The molecule has 148 valence electrons. The normalized spacial score (nSPS) is 11.3. The average molecular weight is 374 g/mol. The van der Waals surface area contributed by atoms with E-state index in [2.05, 4.69) is 27.8 Å². The molecule has 0 unspecified atom stereocenters. The van der Waals surface area contributed by atoms with Gasteiger partial charge in [-0.2, -0.15) is 0 Å². The number of guanidine groups is 1. The minimum absolute atomic E-state index is 0.427. The van der Waals surface area contributed by atoms with E-state index >= 15 is 0 Å². The molecular formula is C20H30N4O3. The van der Waals surface area contributed by atoms with Gasteiger partial charge in [0.2, 0.25) is 0 Å². The van der Waals surface area contributed by atoms with Crippen molar-refractivity contribution < 1.29 is 14.2 Å². The lowest BCUT2D eigenvalue weighted by atomic mass is 10.1. The van der Waals surface area contributed by atoms with Crippen LogP contribution in [0.4, 0.5) is 0 Å². The lowest BCUT2D eigenvalue weighted by Gasteiger charge is -2.23. The highest BCUT2D eigenvalue weighted by atomic mass is 16.5. The molecule has 7 nitrogen and oxygen atoms in total. The molecule has 2 aromatic rings. The third-order valence-electron chi connectivity index (χ3n) is 4.35. The topological polar surface area (TPSA) is 60.3 Å². The van der Waals surface area contributed by atoms with Crippen LogP contribution in [0.15, 0.2) is 35.5 Å². The second-order valence-electron chi connectivity index (χ2n) is 6.15. The van der Waals surface area contributed by atoms with Gasteiger partial charge in [0.05, 0.1) is 40.0 Å². The Morgan fingerprint density at radius 2 is 1.81 bits per heavy atom. The molecule has 0 aliphatic carbocycles. The Bertz CT molecular complexity index is 745. The van der Waals surface area contributed by atoms with Gasteiger partial charge in [-0.15, -0.1) is 0 Å². The SMILES string of the molecule is CCNC(=NCc1c(OC)cc(OC)cc1OC)N(C)Cc1cccn1C. The summed E-state index contributed by atoms with van der Waals surface area (Å²) >= 11 is 0. The quantitative estimate of drug-likeness (QED) is 0.569. The molecule has 0 radical (unpaired) electrons. The highest BCUT2D eigenvalue weighted by Gasteiger charge is 2.14. The zero-order valence-corrected chi connectivity index (χ0v) is 17.1. The molecule has 0 aliphatic heterocycles. The summed E-state index contributed by atoms with van der Waals surface area (Å²) in [5.74, 6) is 2.88. The number of nitrogens with one attached hydrogen (secondary N) is 1. The van der Waals surface area contributed by atoms with Crippen molar-refractivity contribution in [2.24, 2.45) is 12.0 Å². The summed E-state index contributed by atoms with van der Waals surface area (Å²) in [6.07, 6.45) is 2.04. The van der Waals surface area contributed by atoms with E-state index in [1.807, 2.05) is 38.5 Å². The molecule has 0 spiro atoms. The Kier molecular flexibility index (Phi) is 7.40. The molecule has 1 aromatic heterocycles. The number of aromatic nitrogens is 1. The molecule has 1 heterocycles. The van der Waals surface area contributed by atoms with Crippen LogP contribution >= 0.6 is 0 Å². The standard InChI is InChI=1S/C20H30N4O3/c1-7-21-20(24(3)14-15-9-8-10-23(15)2)22-13-17-18(26-5)11-16(25-4)12-19(17)27-6/h8-12H,7,13-14H2,1-6H3,(H,21,22). The Balaban J connectivity index is 2.27. The first-order valence-electron chi connectivity index (χ1n) is 8.92. The largest absolute Gasteiger partial charge is 0.496 e. The average Bonchev–Trinajstić information content (AvgIpc) is 3.08. The summed E-state index contributed by atoms with van der Waals surface area (Å²) in [6.45, 7) is 4.02. The van der Waals surface area contributed by atoms with Crippen molar-refractivity contribution in [1.29, 1.82) is 0 Å². The number of methoxy groups -OCH3 is 3. The van der Waals surface area contributed by atoms with Crippen LogP contribution < -0.4 is 19.5 Å². The monoisotopic (exact) mass is 374 g/mol. The van der Waals surface area contributed by atoms with Crippen LogP contribution in [-0.4, -0.2) is 50.3 Å². The van der Waals surface area contributed by atoms with E-state index in [-0.39, 0.29) is 0 Å². The Morgan fingerprint density at radius 3 is 2.30 bits per heavy atom. The summed E-state index contributed by atoms with van der Waals surface area (Å²) in [4.78, 5) is 6.89. The van der Waals surface area contributed by atoms with Gasteiger partial charge in [-0.1, -0.05) is 0 Å². The van der Waals surface area contributed by atoms with Crippen LogP contribution in [-0.2, 0) is 20.1 Å². The number of nitrogens with zero attached hydrogens (tertiary/aromatic N) is 3. The van der Waals surface area contributed by atoms with Gasteiger partial charge in [0.1, 0.15) is 17.2 Å². The maximum absolute atomic E-state index is 5.52. The van der Waals surface area contributed by atoms with Crippen molar-refractivity contribution in [3.05, 3.63) is 41.7 Å². The molecule has 0 aliphatic rings. The summed E-state index contributed by atoms with van der Waals surface area (Å²) in [5.41, 5.74) is 2.09. The van der Waals surface area contributed by atoms with Gasteiger partial charge in [-0.05, 0) is 19.1 Å². The van der Waals surface area contributed by atoms with E-state index in [0.717, 1.165) is 24.6 Å². The van der Waals surface area contributed by atoms with Crippen LogP contribution in [0.5, 0.6) is 17.2 Å². The molecule has 2 rings (SSSR count). The van der Waals surface area contributed by atoms with E-state index < -0.39 is 0 Å². The van der Waals surface area contributed by atoms with Crippen LogP contribution in [0.3, 0.4) is 0 Å². The molecule has 1 aromatic carbocycles. The van der Waals surface area contributed by atoms with Crippen molar-refractivity contribution >= 4 is 5.96 Å². The van der Waals surface area contributed by atoms with E-state index in [0.29, 0.717) is 23.8 Å². The summed E-state index contributed by atoms with van der Waals surface area (Å²) < 4.78 is 18.4. The second kappa shape index (κ2) is 9.75. The summed E-state index contributed by atoms with van der Waals surface area (Å²) in [6, 6.07) is 7.83. The first-order valence-corrected chi connectivity index (χ1v) is 8.92. The van der Waals surface area contributed by atoms with Gasteiger partial charge in [-0.25, -0.2) is 4.99 Å². The maximum Gasteiger partial charge on any atom is 0.194 e. The molecule has 0 atom stereocenters. The predicted octanol–water partition coefficient (Wildman–Crippen LogP) is 2.65. The molecule has 1 N–H and O–H groups in total. The van der Waals surface area contributed by atoms with Crippen molar-refractivity contribution in [2.75, 3.05) is 34.9 Å². The third-order valence-corrected chi connectivity index (χ3v) is 4.35.